The molecule has 5 aliphatic rings. The van der Waals surface area contributed by atoms with Crippen molar-refractivity contribution in [1.29, 1.82) is 0 Å². The number of fused-ring (bicyclic) bond motifs is 1. The zero-order valence-electron chi connectivity index (χ0n) is 17.4. The summed E-state index contributed by atoms with van der Waals surface area (Å²) in [4.78, 5) is 25.9. The van der Waals surface area contributed by atoms with Crippen LogP contribution >= 0.6 is 11.6 Å². The first kappa shape index (κ1) is 21.2. The second-order valence-electron chi connectivity index (χ2n) is 8.97. The molecule has 3 heterocycles. The van der Waals surface area contributed by atoms with Crippen LogP contribution in [0.4, 0.5) is 5.82 Å². The summed E-state index contributed by atoms with van der Waals surface area (Å²) in [5, 5.41) is -0.124. The van der Waals surface area contributed by atoms with E-state index in [0.717, 1.165) is 57.8 Å². The van der Waals surface area contributed by atoms with Crippen LogP contribution in [0, 0.1) is 17.8 Å². The van der Waals surface area contributed by atoms with Crippen molar-refractivity contribution in [3.8, 4) is 0 Å². The van der Waals surface area contributed by atoms with E-state index in [1.807, 2.05) is 6.08 Å². The molecule has 0 N–H and O–H groups in total. The molecule has 2 aliphatic heterocycles. The van der Waals surface area contributed by atoms with Crippen molar-refractivity contribution >= 4 is 33.3 Å². The van der Waals surface area contributed by atoms with Gasteiger partial charge >= 0.3 is 0 Å². The predicted molar refractivity (Wildman–Crippen MR) is 118 cm³/mol. The summed E-state index contributed by atoms with van der Waals surface area (Å²) in [6, 6.07) is 0. The molecule has 1 saturated carbocycles. The quantitative estimate of drug-likeness (QED) is 0.467. The molecule has 1 aromatic rings. The van der Waals surface area contributed by atoms with Crippen LogP contribution in [0.15, 0.2) is 24.5 Å². The first-order valence-electron chi connectivity index (χ1n) is 11.1. The van der Waals surface area contributed by atoms with Crippen molar-refractivity contribution in [2.45, 2.75) is 30.9 Å². The molecule has 3 fully saturated rings. The number of piperazine rings is 1. The van der Waals surface area contributed by atoms with Gasteiger partial charge in [0.15, 0.2) is 0 Å². The van der Waals surface area contributed by atoms with Gasteiger partial charge in [-0.05, 0) is 44.1 Å². The van der Waals surface area contributed by atoms with E-state index in [-0.39, 0.29) is 23.7 Å². The summed E-state index contributed by atoms with van der Waals surface area (Å²) in [6.45, 7) is 4.74. The Morgan fingerprint density at radius 3 is 2.39 bits per heavy atom. The van der Waals surface area contributed by atoms with E-state index in [4.69, 9.17) is 11.6 Å². The van der Waals surface area contributed by atoms with Crippen molar-refractivity contribution in [2.24, 2.45) is 17.8 Å². The summed E-state index contributed by atoms with van der Waals surface area (Å²) in [6.07, 6.45) is 10.7. The van der Waals surface area contributed by atoms with Gasteiger partial charge in [0.2, 0.25) is 15.9 Å². The summed E-state index contributed by atoms with van der Waals surface area (Å²) in [5.41, 5.74) is 0. The van der Waals surface area contributed by atoms with E-state index in [0.29, 0.717) is 18.1 Å². The summed E-state index contributed by atoms with van der Waals surface area (Å²) in [7, 11) is -3.53. The van der Waals surface area contributed by atoms with Crippen molar-refractivity contribution in [2.75, 3.05) is 44.2 Å². The van der Waals surface area contributed by atoms with Crippen LogP contribution in [-0.4, -0.2) is 78.0 Å². The number of hydrogen-bond donors (Lipinski definition) is 0. The predicted octanol–water partition coefficient (Wildman–Crippen LogP) is 1.78. The minimum absolute atomic E-state index is 0.00873. The third-order valence-electron chi connectivity index (χ3n) is 7.23. The van der Waals surface area contributed by atoms with Crippen LogP contribution in [0.25, 0.3) is 0 Å². The third-order valence-corrected chi connectivity index (χ3v) is 9.72. The number of amides is 1. The lowest BCUT2D eigenvalue weighted by atomic mass is 9.68. The second-order valence-corrected chi connectivity index (χ2v) is 11.4. The molecule has 10 heteroatoms. The highest BCUT2D eigenvalue weighted by atomic mass is 35.5. The topological polar surface area (TPSA) is 86.7 Å². The molecule has 1 aromatic heterocycles. The highest BCUT2D eigenvalue weighted by Crippen LogP contribution is 2.49. The molecule has 0 spiro atoms. The van der Waals surface area contributed by atoms with Gasteiger partial charge in [-0.1, -0.05) is 23.8 Å². The van der Waals surface area contributed by atoms with Crippen molar-refractivity contribution < 1.29 is 13.2 Å². The highest BCUT2D eigenvalue weighted by Gasteiger charge is 2.59. The molecule has 0 radical (unpaired) electrons. The number of allylic oxidation sites excluding steroid dienone is 2. The van der Waals surface area contributed by atoms with E-state index >= 15 is 0 Å². The Hall–Kier alpha value is -1.71. The Morgan fingerprint density at radius 2 is 1.71 bits per heavy atom. The first-order valence-corrected chi connectivity index (χ1v) is 13.0. The molecule has 31 heavy (non-hydrogen) atoms. The van der Waals surface area contributed by atoms with Crippen LogP contribution in [-0.2, 0) is 14.8 Å². The zero-order valence-corrected chi connectivity index (χ0v) is 19.0. The average Bonchev–Trinajstić information content (AvgIpc) is 3.00. The summed E-state index contributed by atoms with van der Waals surface area (Å²) < 4.78 is 27.3. The van der Waals surface area contributed by atoms with E-state index in [1.165, 1.54) is 10.5 Å². The number of sulfonamides is 1. The molecular formula is C21H28ClN5O3S. The number of carbonyl (C=O) groups excluding carboxylic acids is 1. The lowest BCUT2D eigenvalue weighted by Gasteiger charge is -2.37. The molecule has 6 rings (SSSR count). The van der Waals surface area contributed by atoms with Gasteiger partial charge in [0.1, 0.15) is 11.0 Å². The lowest BCUT2D eigenvalue weighted by molar-refractivity contribution is -0.131. The Bertz CT molecular complexity index is 979. The minimum Gasteiger partial charge on any atom is -0.353 e. The van der Waals surface area contributed by atoms with Crippen LogP contribution in [0.2, 0.25) is 5.15 Å². The molecule has 0 aromatic carbocycles. The van der Waals surface area contributed by atoms with E-state index in [1.54, 1.807) is 6.20 Å². The van der Waals surface area contributed by atoms with Crippen molar-refractivity contribution in [1.82, 2.24) is 19.2 Å². The molecule has 3 aliphatic carbocycles. The molecule has 1 amide bonds. The minimum atomic E-state index is -3.53. The SMILES string of the molecule is O=C1C2C3C=CC(CC3)C2S(=O)(=O)N1CCCCN1CCN(c2cncc(Cl)n2)CC1. The van der Waals surface area contributed by atoms with Crippen molar-refractivity contribution in [3.05, 3.63) is 29.7 Å². The van der Waals surface area contributed by atoms with Gasteiger partial charge in [0.25, 0.3) is 0 Å². The van der Waals surface area contributed by atoms with Gasteiger partial charge in [-0.2, -0.15) is 0 Å². The second kappa shape index (κ2) is 8.33. The standard InChI is InChI=1S/C21H28ClN5O3S/c22-17-13-23-14-18(24-17)26-11-9-25(10-12-26)7-1-2-8-27-21(28)19-15-3-5-16(6-4-15)20(19)31(27,29)30/h3,5,13-16,19-20H,1-2,4,6-12H2. The maximum atomic E-state index is 13.1. The van der Waals surface area contributed by atoms with Gasteiger partial charge in [-0.25, -0.2) is 17.7 Å². The van der Waals surface area contributed by atoms with Gasteiger partial charge < -0.3 is 4.90 Å². The van der Waals surface area contributed by atoms with Gasteiger partial charge in [-0.3, -0.25) is 14.7 Å². The number of anilines is 1. The highest BCUT2D eigenvalue weighted by molar-refractivity contribution is 7.90. The number of rotatable bonds is 6. The molecule has 8 nitrogen and oxygen atoms in total. The summed E-state index contributed by atoms with van der Waals surface area (Å²) in [5.74, 6) is 0.392. The van der Waals surface area contributed by atoms with Gasteiger partial charge in [-0.15, -0.1) is 0 Å². The van der Waals surface area contributed by atoms with E-state index in [2.05, 4.69) is 25.8 Å². The molecule has 2 saturated heterocycles. The number of carbonyl (C=O) groups is 1. The van der Waals surface area contributed by atoms with Crippen LogP contribution in [0.3, 0.4) is 0 Å². The monoisotopic (exact) mass is 465 g/mol. The molecule has 2 bridgehead atoms. The molecule has 4 atom stereocenters. The third kappa shape index (κ3) is 3.85. The number of unbranched alkanes of at least 4 members (excludes halogenated alkanes) is 1. The average molecular weight is 466 g/mol. The Balaban J connectivity index is 1.10. The number of hydrogen-bond acceptors (Lipinski definition) is 7. The van der Waals surface area contributed by atoms with Gasteiger partial charge in [0, 0.05) is 32.7 Å². The Morgan fingerprint density at radius 1 is 1.00 bits per heavy atom. The number of aromatic nitrogens is 2. The van der Waals surface area contributed by atoms with E-state index < -0.39 is 15.3 Å². The normalized spacial score (nSPS) is 32.0. The van der Waals surface area contributed by atoms with Crippen LogP contribution in [0.1, 0.15) is 25.7 Å². The maximum Gasteiger partial charge on any atom is 0.241 e. The Kier molecular flexibility index (Phi) is 5.68. The first-order chi connectivity index (χ1) is 14.9. The largest absolute Gasteiger partial charge is 0.353 e. The van der Waals surface area contributed by atoms with Gasteiger partial charge in [0.05, 0.1) is 23.6 Å². The van der Waals surface area contributed by atoms with Crippen LogP contribution in [0.5, 0.6) is 0 Å². The number of halogens is 1. The fourth-order valence-corrected chi connectivity index (χ4v) is 8.18. The fraction of sp³-hybridized carbons (Fsp3) is 0.667. The maximum absolute atomic E-state index is 13.1. The smallest absolute Gasteiger partial charge is 0.241 e. The summed E-state index contributed by atoms with van der Waals surface area (Å²) >= 11 is 5.94. The Labute approximate surface area is 188 Å². The van der Waals surface area contributed by atoms with Crippen molar-refractivity contribution in [3.63, 3.8) is 0 Å². The van der Waals surface area contributed by atoms with E-state index in [9.17, 15) is 13.2 Å². The fourth-order valence-electron chi connectivity index (χ4n) is 5.63. The molecular weight excluding hydrogens is 438 g/mol. The lowest BCUT2D eigenvalue weighted by Crippen LogP contribution is -2.47. The van der Waals surface area contributed by atoms with Crippen LogP contribution < -0.4 is 4.90 Å². The number of nitrogens with zero attached hydrogens (tertiary/aromatic N) is 5. The zero-order chi connectivity index (χ0) is 21.6. The molecule has 4 unspecified atom stereocenters. The molecule has 168 valence electrons.